The fourth-order valence-corrected chi connectivity index (χ4v) is 2.19. The molecule has 0 fully saturated rings. The fourth-order valence-electron chi connectivity index (χ4n) is 2.19. The second-order valence-electron chi connectivity index (χ2n) is 4.67. The van der Waals surface area contributed by atoms with E-state index < -0.39 is 0 Å². The molecule has 20 heavy (non-hydrogen) atoms. The van der Waals surface area contributed by atoms with Gasteiger partial charge in [0.05, 0.1) is 12.6 Å². The summed E-state index contributed by atoms with van der Waals surface area (Å²) in [5, 5.41) is 3.99. The van der Waals surface area contributed by atoms with Crippen LogP contribution in [0, 0.1) is 5.82 Å². The van der Waals surface area contributed by atoms with Crippen LogP contribution in [-0.2, 0) is 4.74 Å². The number of nitrogens with one attached hydrogen (secondary N) is 1. The van der Waals surface area contributed by atoms with Crippen molar-refractivity contribution in [1.82, 2.24) is 5.32 Å². The Morgan fingerprint density at radius 3 is 2.60 bits per heavy atom. The lowest BCUT2D eigenvalue weighted by Gasteiger charge is -2.16. The molecule has 0 aliphatic heterocycles. The molecule has 2 rings (SSSR count). The lowest BCUT2D eigenvalue weighted by molar-refractivity contribution is 0.0896. The van der Waals surface area contributed by atoms with Crippen molar-refractivity contribution in [3.8, 4) is 0 Å². The molecule has 4 heteroatoms. The summed E-state index contributed by atoms with van der Waals surface area (Å²) in [6, 6.07) is 9.79. The van der Waals surface area contributed by atoms with Crippen LogP contribution in [0.25, 0.3) is 10.8 Å². The molecule has 2 aromatic carbocycles. The van der Waals surface area contributed by atoms with Crippen molar-refractivity contribution in [2.75, 3.05) is 13.7 Å². The number of carbonyl (C=O) groups excluding carboxylic acids is 1. The number of amides is 1. The Hall–Kier alpha value is -1.94. The summed E-state index contributed by atoms with van der Waals surface area (Å²) >= 11 is 0. The minimum atomic E-state index is -0.318. The summed E-state index contributed by atoms with van der Waals surface area (Å²) in [7, 11) is 1.60. The van der Waals surface area contributed by atoms with Gasteiger partial charge in [0.25, 0.3) is 5.91 Å². The smallest absolute Gasteiger partial charge is 0.252 e. The van der Waals surface area contributed by atoms with Crippen molar-refractivity contribution in [3.05, 3.63) is 47.8 Å². The van der Waals surface area contributed by atoms with E-state index in [-0.39, 0.29) is 17.8 Å². The van der Waals surface area contributed by atoms with Gasteiger partial charge in [-0.15, -0.1) is 0 Å². The van der Waals surface area contributed by atoms with Crippen LogP contribution in [0.2, 0.25) is 0 Å². The molecular weight excluding hydrogens is 257 g/mol. The molecule has 0 aliphatic rings. The molecule has 2 aromatic rings. The normalized spacial score (nSPS) is 12.3. The summed E-state index contributed by atoms with van der Waals surface area (Å²) in [5.74, 6) is -0.522. The van der Waals surface area contributed by atoms with Gasteiger partial charge in [-0.05, 0) is 23.9 Å². The highest BCUT2D eigenvalue weighted by atomic mass is 19.1. The third-order valence-corrected chi connectivity index (χ3v) is 3.31. The molecule has 1 N–H and O–H groups in total. The lowest BCUT2D eigenvalue weighted by Crippen LogP contribution is -2.37. The Morgan fingerprint density at radius 1 is 1.25 bits per heavy atom. The lowest BCUT2D eigenvalue weighted by atomic mass is 10.0. The van der Waals surface area contributed by atoms with Crippen LogP contribution in [0.5, 0.6) is 0 Å². The first-order valence-corrected chi connectivity index (χ1v) is 6.64. The molecule has 0 aromatic heterocycles. The van der Waals surface area contributed by atoms with Gasteiger partial charge in [-0.25, -0.2) is 4.39 Å². The Balaban J connectivity index is 2.33. The van der Waals surface area contributed by atoms with E-state index in [1.54, 1.807) is 31.4 Å². The quantitative estimate of drug-likeness (QED) is 0.910. The van der Waals surface area contributed by atoms with Crippen LogP contribution in [0.3, 0.4) is 0 Å². The van der Waals surface area contributed by atoms with Crippen LogP contribution in [0.4, 0.5) is 4.39 Å². The topological polar surface area (TPSA) is 38.3 Å². The molecule has 1 atom stereocenters. The van der Waals surface area contributed by atoms with E-state index in [2.05, 4.69) is 5.32 Å². The number of hydrogen-bond donors (Lipinski definition) is 1. The maximum atomic E-state index is 13.7. The zero-order valence-corrected chi connectivity index (χ0v) is 11.7. The molecule has 0 aliphatic carbocycles. The third kappa shape index (κ3) is 2.96. The molecule has 0 spiro atoms. The second kappa shape index (κ2) is 6.48. The highest BCUT2D eigenvalue weighted by molar-refractivity contribution is 6.07. The Labute approximate surface area is 117 Å². The van der Waals surface area contributed by atoms with E-state index in [1.807, 2.05) is 6.92 Å². The minimum absolute atomic E-state index is 0.0451. The van der Waals surface area contributed by atoms with Gasteiger partial charge >= 0.3 is 0 Å². The van der Waals surface area contributed by atoms with Crippen molar-refractivity contribution >= 4 is 16.7 Å². The highest BCUT2D eigenvalue weighted by Gasteiger charge is 2.15. The number of halogens is 1. The second-order valence-corrected chi connectivity index (χ2v) is 4.67. The molecule has 1 amide bonds. The van der Waals surface area contributed by atoms with Gasteiger partial charge in [0.1, 0.15) is 5.82 Å². The highest BCUT2D eigenvalue weighted by Crippen LogP contribution is 2.21. The number of rotatable bonds is 5. The average Bonchev–Trinajstić information content (AvgIpc) is 2.47. The van der Waals surface area contributed by atoms with Gasteiger partial charge in [0.15, 0.2) is 0 Å². The van der Waals surface area contributed by atoms with Gasteiger partial charge < -0.3 is 10.1 Å². The number of fused-ring (bicyclic) bond motifs is 1. The number of methoxy groups -OCH3 is 1. The van der Waals surface area contributed by atoms with Crippen LogP contribution < -0.4 is 5.32 Å². The number of hydrogen-bond acceptors (Lipinski definition) is 2. The minimum Gasteiger partial charge on any atom is -0.383 e. The summed E-state index contributed by atoms with van der Waals surface area (Å²) in [4.78, 5) is 12.3. The average molecular weight is 275 g/mol. The van der Waals surface area contributed by atoms with E-state index >= 15 is 0 Å². The van der Waals surface area contributed by atoms with Gasteiger partial charge in [0, 0.05) is 18.1 Å². The Kier molecular flexibility index (Phi) is 4.69. The summed E-state index contributed by atoms with van der Waals surface area (Å²) < 4.78 is 18.8. The monoisotopic (exact) mass is 275 g/mol. The van der Waals surface area contributed by atoms with Crippen molar-refractivity contribution < 1.29 is 13.9 Å². The van der Waals surface area contributed by atoms with Crippen LogP contribution in [-0.4, -0.2) is 25.7 Å². The maximum absolute atomic E-state index is 13.7. The van der Waals surface area contributed by atoms with Gasteiger partial charge in [0.2, 0.25) is 0 Å². The number of benzene rings is 2. The molecule has 0 heterocycles. The van der Waals surface area contributed by atoms with Crippen molar-refractivity contribution in [3.63, 3.8) is 0 Å². The maximum Gasteiger partial charge on any atom is 0.252 e. The van der Waals surface area contributed by atoms with Crippen LogP contribution in [0.15, 0.2) is 36.4 Å². The zero-order chi connectivity index (χ0) is 14.5. The first-order valence-electron chi connectivity index (χ1n) is 6.64. The number of carbonyl (C=O) groups is 1. The third-order valence-electron chi connectivity index (χ3n) is 3.31. The van der Waals surface area contributed by atoms with Crippen molar-refractivity contribution in [2.24, 2.45) is 0 Å². The van der Waals surface area contributed by atoms with Gasteiger partial charge in [-0.3, -0.25) is 4.79 Å². The molecule has 106 valence electrons. The molecular formula is C16H18FNO2. The first kappa shape index (κ1) is 14.5. The van der Waals surface area contributed by atoms with E-state index in [0.29, 0.717) is 22.9 Å². The standard InChI is InChI=1S/C16H18FNO2/c1-3-11(10-20-2)18-16(19)14-8-9-15(17)13-7-5-4-6-12(13)14/h4-9,11H,3,10H2,1-2H3,(H,18,19). The molecule has 1 unspecified atom stereocenters. The summed E-state index contributed by atoms with van der Waals surface area (Å²) in [5.41, 5.74) is 0.483. The summed E-state index contributed by atoms with van der Waals surface area (Å²) in [6.07, 6.45) is 0.776. The zero-order valence-electron chi connectivity index (χ0n) is 11.7. The van der Waals surface area contributed by atoms with Crippen LogP contribution >= 0.6 is 0 Å². The molecule has 3 nitrogen and oxygen atoms in total. The molecule has 0 saturated heterocycles. The molecule has 0 bridgehead atoms. The predicted octanol–water partition coefficient (Wildman–Crippen LogP) is 3.13. The van der Waals surface area contributed by atoms with Crippen molar-refractivity contribution in [2.45, 2.75) is 19.4 Å². The van der Waals surface area contributed by atoms with Crippen LogP contribution in [0.1, 0.15) is 23.7 Å². The Bertz CT molecular complexity index is 612. The largest absolute Gasteiger partial charge is 0.383 e. The van der Waals surface area contributed by atoms with E-state index in [4.69, 9.17) is 4.74 Å². The Morgan fingerprint density at radius 2 is 1.95 bits per heavy atom. The van der Waals surface area contributed by atoms with Gasteiger partial charge in [-0.2, -0.15) is 0 Å². The van der Waals surface area contributed by atoms with Gasteiger partial charge in [-0.1, -0.05) is 31.2 Å². The predicted molar refractivity (Wildman–Crippen MR) is 77.3 cm³/mol. The van der Waals surface area contributed by atoms with E-state index in [0.717, 1.165) is 6.42 Å². The SMILES string of the molecule is CCC(COC)NC(=O)c1ccc(F)c2ccccc12. The first-order chi connectivity index (χ1) is 9.67. The summed E-state index contributed by atoms with van der Waals surface area (Å²) in [6.45, 7) is 2.44. The van der Waals surface area contributed by atoms with E-state index in [1.165, 1.54) is 12.1 Å². The van der Waals surface area contributed by atoms with Crippen molar-refractivity contribution in [1.29, 1.82) is 0 Å². The van der Waals surface area contributed by atoms with E-state index in [9.17, 15) is 9.18 Å². The molecule has 0 radical (unpaired) electrons. The molecule has 0 saturated carbocycles. The fraction of sp³-hybridized carbons (Fsp3) is 0.312. The number of ether oxygens (including phenoxy) is 1.